The molecule has 2 aromatic rings. The Labute approximate surface area is 117 Å². The van der Waals surface area contributed by atoms with Gasteiger partial charge in [0, 0.05) is 18.3 Å². The van der Waals surface area contributed by atoms with Gasteiger partial charge in [-0.05, 0) is 23.8 Å². The molecule has 0 spiro atoms. The molecule has 0 aliphatic rings. The Hall–Kier alpha value is -2.40. The summed E-state index contributed by atoms with van der Waals surface area (Å²) in [5, 5.41) is 2.78. The van der Waals surface area contributed by atoms with E-state index in [1.807, 2.05) is 30.3 Å². The number of rotatable bonds is 5. The molecule has 5 heteroatoms. The van der Waals surface area contributed by atoms with Gasteiger partial charge in [0.15, 0.2) is 0 Å². The first-order chi connectivity index (χ1) is 9.72. The highest BCUT2D eigenvalue weighted by Gasteiger charge is 2.08. The Bertz CT molecular complexity index is 582. The van der Waals surface area contributed by atoms with Crippen molar-refractivity contribution in [3.05, 3.63) is 53.7 Å². The molecule has 1 heterocycles. The largest absolute Gasteiger partial charge is 0.497 e. The van der Waals surface area contributed by atoms with Crippen LogP contribution in [0.1, 0.15) is 11.1 Å². The lowest BCUT2D eigenvalue weighted by Crippen LogP contribution is -2.17. The maximum atomic E-state index is 12.0. The zero-order valence-electron chi connectivity index (χ0n) is 11.3. The smallest absolute Gasteiger partial charge is 0.229 e. The monoisotopic (exact) mass is 271 g/mol. The first kappa shape index (κ1) is 14.0. The van der Waals surface area contributed by atoms with Crippen molar-refractivity contribution in [1.82, 2.24) is 4.98 Å². The van der Waals surface area contributed by atoms with Crippen molar-refractivity contribution in [2.24, 2.45) is 5.73 Å². The molecule has 0 bridgehead atoms. The first-order valence-corrected chi connectivity index (χ1v) is 6.29. The molecule has 1 aromatic heterocycles. The van der Waals surface area contributed by atoms with E-state index in [2.05, 4.69) is 10.3 Å². The number of carbonyl (C=O) groups excluding carboxylic acids is 1. The number of amides is 1. The molecule has 0 atom stereocenters. The summed E-state index contributed by atoms with van der Waals surface area (Å²) in [5.74, 6) is 1.17. The molecule has 0 aliphatic heterocycles. The maximum absolute atomic E-state index is 12.0. The molecular formula is C15H17N3O2. The summed E-state index contributed by atoms with van der Waals surface area (Å²) < 4.78 is 5.08. The number of pyridine rings is 1. The molecule has 1 amide bonds. The number of nitrogens with two attached hydrogens (primary N) is 1. The van der Waals surface area contributed by atoms with Gasteiger partial charge in [-0.15, -0.1) is 0 Å². The van der Waals surface area contributed by atoms with E-state index in [4.69, 9.17) is 10.5 Å². The first-order valence-electron chi connectivity index (χ1n) is 6.29. The van der Waals surface area contributed by atoms with E-state index in [0.29, 0.717) is 12.4 Å². The second-order valence-electron chi connectivity index (χ2n) is 4.29. The van der Waals surface area contributed by atoms with Crippen molar-refractivity contribution in [2.75, 3.05) is 12.4 Å². The Kier molecular flexibility index (Phi) is 4.68. The topological polar surface area (TPSA) is 77.2 Å². The molecule has 0 unspecified atom stereocenters. The lowest BCUT2D eigenvalue weighted by molar-refractivity contribution is -0.115. The lowest BCUT2D eigenvalue weighted by Gasteiger charge is -2.08. The predicted octanol–water partition coefficient (Wildman–Crippen LogP) is 1.73. The summed E-state index contributed by atoms with van der Waals surface area (Å²) in [4.78, 5) is 16.1. The highest BCUT2D eigenvalue weighted by molar-refractivity contribution is 5.92. The van der Waals surface area contributed by atoms with Crippen LogP contribution in [0.25, 0.3) is 0 Å². The standard InChI is InChI=1S/C15H17N3O2/c1-20-13-6-4-11(5-7-13)9-14(19)18-15-12(10-16)3-2-8-17-15/h2-8H,9-10,16H2,1H3,(H,17,18,19). The molecule has 0 saturated heterocycles. The minimum atomic E-state index is -0.122. The number of hydrogen-bond acceptors (Lipinski definition) is 4. The van der Waals surface area contributed by atoms with Gasteiger partial charge in [-0.25, -0.2) is 4.98 Å². The van der Waals surface area contributed by atoms with Crippen LogP contribution in [-0.2, 0) is 17.8 Å². The van der Waals surface area contributed by atoms with Gasteiger partial charge in [-0.2, -0.15) is 0 Å². The summed E-state index contributed by atoms with van der Waals surface area (Å²) >= 11 is 0. The molecule has 2 rings (SSSR count). The number of aromatic nitrogens is 1. The minimum Gasteiger partial charge on any atom is -0.497 e. The van der Waals surface area contributed by atoms with Gasteiger partial charge >= 0.3 is 0 Å². The van der Waals surface area contributed by atoms with Gasteiger partial charge in [-0.3, -0.25) is 4.79 Å². The number of methoxy groups -OCH3 is 1. The minimum absolute atomic E-state index is 0.122. The fourth-order valence-electron chi connectivity index (χ4n) is 1.82. The third kappa shape index (κ3) is 3.55. The zero-order valence-corrected chi connectivity index (χ0v) is 11.3. The number of hydrogen-bond donors (Lipinski definition) is 2. The summed E-state index contributed by atoms with van der Waals surface area (Å²) in [6.45, 7) is 0.339. The van der Waals surface area contributed by atoms with Crippen molar-refractivity contribution in [3.8, 4) is 5.75 Å². The molecule has 1 aromatic carbocycles. The third-order valence-electron chi connectivity index (χ3n) is 2.89. The number of anilines is 1. The number of nitrogens with zero attached hydrogens (tertiary/aromatic N) is 1. The fraction of sp³-hybridized carbons (Fsp3) is 0.200. The SMILES string of the molecule is COc1ccc(CC(=O)Nc2ncccc2CN)cc1. The number of ether oxygens (including phenoxy) is 1. The van der Waals surface area contributed by atoms with E-state index in [1.54, 1.807) is 19.4 Å². The third-order valence-corrected chi connectivity index (χ3v) is 2.89. The van der Waals surface area contributed by atoms with E-state index >= 15 is 0 Å². The summed E-state index contributed by atoms with van der Waals surface area (Å²) in [6.07, 6.45) is 1.91. The van der Waals surface area contributed by atoms with E-state index in [1.165, 1.54) is 0 Å². The van der Waals surface area contributed by atoms with Crippen molar-refractivity contribution in [1.29, 1.82) is 0 Å². The van der Waals surface area contributed by atoms with Gasteiger partial charge in [0.25, 0.3) is 0 Å². The maximum Gasteiger partial charge on any atom is 0.229 e. The van der Waals surface area contributed by atoms with Crippen LogP contribution >= 0.6 is 0 Å². The quantitative estimate of drug-likeness (QED) is 0.868. The molecule has 0 fully saturated rings. The number of carbonyl (C=O) groups is 1. The second-order valence-corrected chi connectivity index (χ2v) is 4.29. The van der Waals surface area contributed by atoms with Crippen molar-refractivity contribution in [2.45, 2.75) is 13.0 Å². The molecule has 0 saturated carbocycles. The zero-order chi connectivity index (χ0) is 14.4. The van der Waals surface area contributed by atoms with Crippen LogP contribution in [0.5, 0.6) is 5.75 Å². The Morgan fingerprint density at radius 1 is 1.30 bits per heavy atom. The van der Waals surface area contributed by atoms with E-state index in [9.17, 15) is 4.79 Å². The molecule has 20 heavy (non-hydrogen) atoms. The molecule has 0 radical (unpaired) electrons. The molecular weight excluding hydrogens is 254 g/mol. The molecule has 104 valence electrons. The van der Waals surface area contributed by atoms with E-state index in [-0.39, 0.29) is 12.3 Å². The van der Waals surface area contributed by atoms with Crippen molar-refractivity contribution in [3.63, 3.8) is 0 Å². The van der Waals surface area contributed by atoms with E-state index < -0.39 is 0 Å². The van der Waals surface area contributed by atoms with Crippen LogP contribution in [-0.4, -0.2) is 18.0 Å². The van der Waals surface area contributed by atoms with Crippen LogP contribution in [0.4, 0.5) is 5.82 Å². The Morgan fingerprint density at radius 3 is 2.70 bits per heavy atom. The van der Waals surface area contributed by atoms with Crippen LogP contribution in [0.15, 0.2) is 42.6 Å². The predicted molar refractivity (Wildman–Crippen MR) is 77.5 cm³/mol. The van der Waals surface area contributed by atoms with Crippen LogP contribution in [0, 0.1) is 0 Å². The van der Waals surface area contributed by atoms with Crippen LogP contribution in [0.3, 0.4) is 0 Å². The van der Waals surface area contributed by atoms with Crippen LogP contribution in [0.2, 0.25) is 0 Å². The molecule has 0 aliphatic carbocycles. The molecule has 5 nitrogen and oxygen atoms in total. The summed E-state index contributed by atoms with van der Waals surface area (Å²) in [6, 6.07) is 11.0. The summed E-state index contributed by atoms with van der Waals surface area (Å²) in [7, 11) is 1.61. The number of benzene rings is 1. The second kappa shape index (κ2) is 6.68. The fourth-order valence-corrected chi connectivity index (χ4v) is 1.82. The van der Waals surface area contributed by atoms with Crippen LogP contribution < -0.4 is 15.8 Å². The highest BCUT2D eigenvalue weighted by atomic mass is 16.5. The number of nitrogens with one attached hydrogen (secondary N) is 1. The van der Waals surface area contributed by atoms with E-state index in [0.717, 1.165) is 16.9 Å². The van der Waals surface area contributed by atoms with Crippen molar-refractivity contribution < 1.29 is 9.53 Å². The summed E-state index contributed by atoms with van der Waals surface area (Å²) in [5.41, 5.74) is 7.33. The highest BCUT2D eigenvalue weighted by Crippen LogP contribution is 2.14. The van der Waals surface area contributed by atoms with Crippen molar-refractivity contribution >= 4 is 11.7 Å². The van der Waals surface area contributed by atoms with Gasteiger partial charge in [0.05, 0.1) is 13.5 Å². The van der Waals surface area contributed by atoms with Gasteiger partial charge < -0.3 is 15.8 Å². The van der Waals surface area contributed by atoms with Gasteiger partial charge in [0.1, 0.15) is 11.6 Å². The average Bonchev–Trinajstić information content (AvgIpc) is 2.48. The average molecular weight is 271 g/mol. The Morgan fingerprint density at radius 2 is 2.05 bits per heavy atom. The Balaban J connectivity index is 2.01. The molecule has 3 N–H and O–H groups in total. The van der Waals surface area contributed by atoms with Gasteiger partial charge in [-0.1, -0.05) is 18.2 Å². The van der Waals surface area contributed by atoms with Gasteiger partial charge in [0.2, 0.25) is 5.91 Å². The lowest BCUT2D eigenvalue weighted by atomic mass is 10.1. The normalized spacial score (nSPS) is 10.1.